The number of rotatable bonds is 7. The number of ether oxygens (including phenoxy) is 2. The van der Waals surface area contributed by atoms with Crippen molar-refractivity contribution in [3.63, 3.8) is 0 Å². The van der Waals surface area contributed by atoms with Crippen molar-refractivity contribution in [1.82, 2.24) is 4.90 Å². The fourth-order valence-corrected chi connectivity index (χ4v) is 3.56. The number of hydrogen-bond acceptors (Lipinski definition) is 4. The van der Waals surface area contributed by atoms with Gasteiger partial charge in [-0.25, -0.2) is 4.39 Å². The van der Waals surface area contributed by atoms with Gasteiger partial charge in [0.05, 0.1) is 6.61 Å². The molecule has 1 heterocycles. The van der Waals surface area contributed by atoms with Crippen LogP contribution in [0, 0.1) is 11.7 Å². The molecule has 0 atom stereocenters. The van der Waals surface area contributed by atoms with E-state index < -0.39 is 5.82 Å². The SMILES string of the molecule is COCCOc1ccc(NC(=O)C2CCN(C(=O)c3ccc(Br)cc3)CC2)cc1F. The van der Waals surface area contributed by atoms with Crippen LogP contribution in [0.5, 0.6) is 5.75 Å². The van der Waals surface area contributed by atoms with E-state index in [-0.39, 0.29) is 30.1 Å². The smallest absolute Gasteiger partial charge is 0.253 e. The fourth-order valence-electron chi connectivity index (χ4n) is 3.29. The van der Waals surface area contributed by atoms with Crippen molar-refractivity contribution in [2.24, 2.45) is 5.92 Å². The van der Waals surface area contributed by atoms with E-state index in [1.54, 1.807) is 30.2 Å². The van der Waals surface area contributed by atoms with Crippen LogP contribution in [0.2, 0.25) is 0 Å². The Labute approximate surface area is 183 Å². The first-order valence-electron chi connectivity index (χ1n) is 9.75. The predicted molar refractivity (Wildman–Crippen MR) is 115 cm³/mol. The molecule has 6 nitrogen and oxygen atoms in total. The van der Waals surface area contributed by atoms with Gasteiger partial charge in [0.1, 0.15) is 6.61 Å². The summed E-state index contributed by atoms with van der Waals surface area (Å²) in [6.45, 7) is 1.62. The highest BCUT2D eigenvalue weighted by molar-refractivity contribution is 9.10. The highest BCUT2D eigenvalue weighted by Gasteiger charge is 2.28. The Morgan fingerprint density at radius 2 is 1.83 bits per heavy atom. The summed E-state index contributed by atoms with van der Waals surface area (Å²) >= 11 is 3.36. The maximum Gasteiger partial charge on any atom is 0.253 e. The molecule has 2 amide bonds. The Bertz CT molecular complexity index is 883. The van der Waals surface area contributed by atoms with Crippen LogP contribution in [0.1, 0.15) is 23.2 Å². The van der Waals surface area contributed by atoms with Crippen LogP contribution in [-0.2, 0) is 9.53 Å². The zero-order valence-electron chi connectivity index (χ0n) is 16.7. The summed E-state index contributed by atoms with van der Waals surface area (Å²) in [6.07, 6.45) is 1.13. The zero-order valence-corrected chi connectivity index (χ0v) is 18.3. The third-order valence-electron chi connectivity index (χ3n) is 4.99. The van der Waals surface area contributed by atoms with Crippen molar-refractivity contribution >= 4 is 33.4 Å². The molecule has 0 spiro atoms. The highest BCUT2D eigenvalue weighted by atomic mass is 79.9. The Morgan fingerprint density at radius 3 is 2.47 bits per heavy atom. The normalized spacial score (nSPS) is 14.4. The number of methoxy groups -OCH3 is 1. The van der Waals surface area contributed by atoms with Crippen molar-refractivity contribution < 1.29 is 23.5 Å². The van der Waals surface area contributed by atoms with Crippen LogP contribution in [-0.4, -0.2) is 50.1 Å². The van der Waals surface area contributed by atoms with Gasteiger partial charge < -0.3 is 19.7 Å². The molecule has 2 aromatic carbocycles. The summed E-state index contributed by atoms with van der Waals surface area (Å²) in [6, 6.07) is 11.6. The van der Waals surface area contributed by atoms with Crippen LogP contribution in [0.3, 0.4) is 0 Å². The first-order chi connectivity index (χ1) is 14.5. The minimum absolute atomic E-state index is 0.0347. The van der Waals surface area contributed by atoms with Gasteiger partial charge in [-0.2, -0.15) is 0 Å². The Morgan fingerprint density at radius 1 is 1.13 bits per heavy atom. The molecule has 1 N–H and O–H groups in total. The molecule has 8 heteroatoms. The lowest BCUT2D eigenvalue weighted by Gasteiger charge is -2.31. The van der Waals surface area contributed by atoms with E-state index in [1.807, 2.05) is 12.1 Å². The second-order valence-corrected chi connectivity index (χ2v) is 7.96. The van der Waals surface area contributed by atoms with E-state index in [0.717, 1.165) is 4.47 Å². The second-order valence-electron chi connectivity index (χ2n) is 7.05. The molecule has 0 aliphatic carbocycles. The van der Waals surface area contributed by atoms with Gasteiger partial charge in [0.2, 0.25) is 5.91 Å². The standard InChI is InChI=1S/C22H24BrFN2O4/c1-29-12-13-30-20-7-6-18(14-19(20)24)25-21(27)15-8-10-26(11-9-15)22(28)16-2-4-17(23)5-3-16/h2-7,14-15H,8-13H2,1H3,(H,25,27). The third-order valence-corrected chi connectivity index (χ3v) is 5.52. The maximum atomic E-state index is 14.1. The molecule has 0 radical (unpaired) electrons. The van der Waals surface area contributed by atoms with Gasteiger partial charge in [-0.1, -0.05) is 15.9 Å². The first kappa shape index (κ1) is 22.2. The quantitative estimate of drug-likeness (QED) is 0.608. The topological polar surface area (TPSA) is 67.9 Å². The lowest BCUT2D eigenvalue weighted by atomic mass is 9.95. The predicted octanol–water partition coefficient (Wildman–Crippen LogP) is 4.10. The van der Waals surface area contributed by atoms with Crippen molar-refractivity contribution in [3.05, 3.63) is 58.3 Å². The summed E-state index contributed by atoms with van der Waals surface area (Å²) in [5.41, 5.74) is 1.01. The number of carbonyl (C=O) groups is 2. The molecular weight excluding hydrogens is 455 g/mol. The second kappa shape index (κ2) is 10.5. The molecule has 30 heavy (non-hydrogen) atoms. The fraction of sp³-hybridized carbons (Fsp3) is 0.364. The molecule has 160 valence electrons. The lowest BCUT2D eigenvalue weighted by Crippen LogP contribution is -2.41. The van der Waals surface area contributed by atoms with Gasteiger partial charge in [-0.3, -0.25) is 9.59 Å². The number of carbonyl (C=O) groups excluding carboxylic acids is 2. The number of benzene rings is 2. The number of nitrogens with one attached hydrogen (secondary N) is 1. The van der Waals surface area contributed by atoms with Crippen molar-refractivity contribution in [2.45, 2.75) is 12.8 Å². The molecule has 1 saturated heterocycles. The van der Waals surface area contributed by atoms with Crippen molar-refractivity contribution in [2.75, 3.05) is 38.7 Å². The Balaban J connectivity index is 1.51. The Kier molecular flexibility index (Phi) is 7.81. The third kappa shape index (κ3) is 5.79. The lowest BCUT2D eigenvalue weighted by molar-refractivity contribution is -0.121. The molecule has 0 saturated carbocycles. The van der Waals surface area contributed by atoms with E-state index in [4.69, 9.17) is 9.47 Å². The summed E-state index contributed by atoms with van der Waals surface area (Å²) in [7, 11) is 1.54. The van der Waals surface area contributed by atoms with Gasteiger partial charge in [0, 0.05) is 47.9 Å². The van der Waals surface area contributed by atoms with Gasteiger partial charge in [-0.15, -0.1) is 0 Å². The summed E-state index contributed by atoms with van der Waals surface area (Å²) in [4.78, 5) is 26.9. The van der Waals surface area contributed by atoms with Crippen molar-refractivity contribution in [1.29, 1.82) is 0 Å². The van der Waals surface area contributed by atoms with Crippen LogP contribution >= 0.6 is 15.9 Å². The molecule has 1 fully saturated rings. The minimum Gasteiger partial charge on any atom is -0.488 e. The van der Waals surface area contributed by atoms with Crippen LogP contribution < -0.4 is 10.1 Å². The maximum absolute atomic E-state index is 14.1. The van der Waals surface area contributed by atoms with E-state index in [1.165, 1.54) is 12.1 Å². The average Bonchev–Trinajstić information content (AvgIpc) is 2.75. The summed E-state index contributed by atoms with van der Waals surface area (Å²) in [5.74, 6) is -0.853. The average molecular weight is 479 g/mol. The van der Waals surface area contributed by atoms with Crippen LogP contribution in [0.4, 0.5) is 10.1 Å². The van der Waals surface area contributed by atoms with E-state index in [2.05, 4.69) is 21.2 Å². The van der Waals surface area contributed by atoms with E-state index in [9.17, 15) is 14.0 Å². The van der Waals surface area contributed by atoms with Gasteiger partial charge >= 0.3 is 0 Å². The molecule has 1 aliphatic rings. The molecule has 0 bridgehead atoms. The number of likely N-dealkylation sites (tertiary alicyclic amines) is 1. The molecule has 1 aliphatic heterocycles. The minimum atomic E-state index is -0.543. The number of amides is 2. The van der Waals surface area contributed by atoms with Crippen LogP contribution in [0.25, 0.3) is 0 Å². The molecule has 2 aromatic rings. The number of nitrogens with zero attached hydrogens (tertiary/aromatic N) is 1. The van der Waals surface area contributed by atoms with Gasteiger partial charge in [-0.05, 0) is 49.2 Å². The number of anilines is 1. The first-order valence-corrected chi connectivity index (χ1v) is 10.5. The molecule has 0 unspecified atom stereocenters. The number of halogens is 2. The molecular formula is C22H24BrFN2O4. The zero-order chi connectivity index (χ0) is 21.5. The van der Waals surface area contributed by atoms with E-state index >= 15 is 0 Å². The Hall–Kier alpha value is -2.45. The van der Waals surface area contributed by atoms with Gasteiger partial charge in [0.15, 0.2) is 11.6 Å². The van der Waals surface area contributed by atoms with Crippen LogP contribution in [0.15, 0.2) is 46.9 Å². The summed E-state index contributed by atoms with van der Waals surface area (Å²) < 4.78 is 25.2. The number of hydrogen-bond donors (Lipinski definition) is 1. The summed E-state index contributed by atoms with van der Waals surface area (Å²) in [5, 5.41) is 2.76. The van der Waals surface area contributed by atoms with E-state index in [0.29, 0.717) is 43.8 Å². The van der Waals surface area contributed by atoms with Crippen molar-refractivity contribution in [3.8, 4) is 5.75 Å². The number of piperidine rings is 1. The molecule has 3 rings (SSSR count). The highest BCUT2D eigenvalue weighted by Crippen LogP contribution is 2.24. The monoisotopic (exact) mass is 478 g/mol. The molecule has 0 aromatic heterocycles. The largest absolute Gasteiger partial charge is 0.488 e. The van der Waals surface area contributed by atoms with Gasteiger partial charge in [0.25, 0.3) is 5.91 Å².